The maximum absolute atomic E-state index is 13.6. The number of rotatable bonds is 5. The monoisotopic (exact) mass is 439 g/mol. The summed E-state index contributed by atoms with van der Waals surface area (Å²) in [5.41, 5.74) is 1.97. The van der Waals surface area contributed by atoms with Gasteiger partial charge < -0.3 is 4.42 Å². The van der Waals surface area contributed by atoms with Crippen molar-refractivity contribution in [2.24, 2.45) is 14.1 Å². The molecule has 8 nitrogen and oxygen atoms in total. The molecule has 2 heterocycles. The number of amides is 1. The standard InChI is InChI=1S/C22H21N3O5S/c1-15-6-8-16(9-7-15)21(26)25(14-17-5-4-12-30-17)31(28,29)18-10-11-19-20(13-18)24(3)22(27)23(19)2/h4-13H,14H2,1-3H3. The summed E-state index contributed by atoms with van der Waals surface area (Å²) in [6.45, 7) is 1.62. The Morgan fingerprint density at radius 2 is 1.68 bits per heavy atom. The van der Waals surface area contributed by atoms with Gasteiger partial charge in [0.1, 0.15) is 5.76 Å². The van der Waals surface area contributed by atoms with Crippen molar-refractivity contribution in [3.8, 4) is 0 Å². The van der Waals surface area contributed by atoms with Crippen LogP contribution in [0.3, 0.4) is 0 Å². The molecule has 0 aliphatic heterocycles. The van der Waals surface area contributed by atoms with Gasteiger partial charge in [0.05, 0.1) is 28.7 Å². The summed E-state index contributed by atoms with van der Waals surface area (Å²) >= 11 is 0. The Labute approximate surface area is 179 Å². The van der Waals surface area contributed by atoms with Crippen LogP contribution in [-0.4, -0.2) is 27.8 Å². The van der Waals surface area contributed by atoms with Gasteiger partial charge in [0, 0.05) is 19.7 Å². The van der Waals surface area contributed by atoms with Crippen LogP contribution >= 0.6 is 0 Å². The Hall–Kier alpha value is -3.59. The highest BCUT2D eigenvalue weighted by molar-refractivity contribution is 7.89. The molecule has 31 heavy (non-hydrogen) atoms. The fourth-order valence-electron chi connectivity index (χ4n) is 3.42. The Morgan fingerprint density at radius 3 is 2.32 bits per heavy atom. The van der Waals surface area contributed by atoms with Crippen LogP contribution in [0.25, 0.3) is 11.0 Å². The predicted octanol–water partition coefficient (Wildman–Crippen LogP) is 2.81. The number of imidazole rings is 1. The van der Waals surface area contributed by atoms with Gasteiger partial charge in [0.2, 0.25) is 0 Å². The third-order valence-corrected chi connectivity index (χ3v) is 6.96. The zero-order valence-corrected chi connectivity index (χ0v) is 18.1. The van der Waals surface area contributed by atoms with E-state index >= 15 is 0 Å². The summed E-state index contributed by atoms with van der Waals surface area (Å²) in [4.78, 5) is 25.4. The van der Waals surface area contributed by atoms with Gasteiger partial charge >= 0.3 is 5.69 Å². The molecule has 0 saturated carbocycles. The first kappa shape index (κ1) is 20.7. The van der Waals surface area contributed by atoms with Gasteiger partial charge in [-0.05, 0) is 49.4 Å². The maximum Gasteiger partial charge on any atom is 0.328 e. The molecule has 0 unspecified atom stereocenters. The molecule has 0 fully saturated rings. The molecule has 0 radical (unpaired) electrons. The van der Waals surface area contributed by atoms with E-state index < -0.39 is 15.9 Å². The van der Waals surface area contributed by atoms with Gasteiger partial charge in [-0.15, -0.1) is 0 Å². The molecule has 0 aliphatic rings. The van der Waals surface area contributed by atoms with Crippen molar-refractivity contribution >= 4 is 27.0 Å². The van der Waals surface area contributed by atoms with Crippen LogP contribution < -0.4 is 5.69 Å². The molecule has 0 aliphatic carbocycles. The highest BCUT2D eigenvalue weighted by Crippen LogP contribution is 2.24. The fraction of sp³-hybridized carbons (Fsp3) is 0.182. The quantitative estimate of drug-likeness (QED) is 0.477. The van der Waals surface area contributed by atoms with Crippen LogP contribution in [0.15, 0.2) is 75.0 Å². The number of aromatic nitrogens is 2. The summed E-state index contributed by atoms with van der Waals surface area (Å²) < 4.78 is 36.0. The number of carbonyl (C=O) groups is 1. The van der Waals surface area contributed by atoms with E-state index in [0.29, 0.717) is 16.8 Å². The van der Waals surface area contributed by atoms with Crippen molar-refractivity contribution in [3.63, 3.8) is 0 Å². The molecule has 0 spiro atoms. The Kier molecular flexibility index (Phi) is 5.06. The second-order valence-corrected chi connectivity index (χ2v) is 9.18. The molecule has 1 amide bonds. The van der Waals surface area contributed by atoms with Crippen molar-refractivity contribution in [3.05, 3.63) is 88.2 Å². The minimum absolute atomic E-state index is 0.0896. The van der Waals surface area contributed by atoms with E-state index in [9.17, 15) is 18.0 Å². The SMILES string of the molecule is Cc1ccc(C(=O)N(Cc2ccco2)S(=O)(=O)c2ccc3c(c2)n(C)c(=O)n3C)cc1. The number of hydrogen-bond donors (Lipinski definition) is 0. The molecule has 0 bridgehead atoms. The van der Waals surface area contributed by atoms with E-state index in [1.54, 1.807) is 56.6 Å². The summed E-state index contributed by atoms with van der Waals surface area (Å²) in [6, 6.07) is 14.3. The summed E-state index contributed by atoms with van der Waals surface area (Å²) in [5, 5.41) is 0. The lowest BCUT2D eigenvalue weighted by molar-refractivity contribution is 0.0848. The Bertz CT molecular complexity index is 1430. The highest BCUT2D eigenvalue weighted by Gasteiger charge is 2.31. The fourth-order valence-corrected chi connectivity index (χ4v) is 4.80. The van der Waals surface area contributed by atoms with Gasteiger partial charge in [-0.1, -0.05) is 17.7 Å². The van der Waals surface area contributed by atoms with E-state index in [1.807, 2.05) is 6.92 Å². The van der Waals surface area contributed by atoms with Crippen molar-refractivity contribution < 1.29 is 17.6 Å². The largest absolute Gasteiger partial charge is 0.467 e. The molecule has 2 aromatic heterocycles. The van der Waals surface area contributed by atoms with Gasteiger partial charge in [0.15, 0.2) is 0 Å². The van der Waals surface area contributed by atoms with Crippen molar-refractivity contribution in [1.29, 1.82) is 0 Å². The summed E-state index contributed by atoms with van der Waals surface area (Å²) in [7, 11) is -1.06. The number of fused-ring (bicyclic) bond motifs is 1. The predicted molar refractivity (Wildman–Crippen MR) is 115 cm³/mol. The van der Waals surface area contributed by atoms with Crippen LogP contribution in [0.4, 0.5) is 0 Å². The summed E-state index contributed by atoms with van der Waals surface area (Å²) in [5.74, 6) is -0.337. The zero-order chi connectivity index (χ0) is 22.3. The first-order chi connectivity index (χ1) is 14.7. The third-order valence-electron chi connectivity index (χ3n) is 5.24. The lowest BCUT2D eigenvalue weighted by atomic mass is 10.1. The second kappa shape index (κ2) is 7.59. The number of benzene rings is 2. The number of furan rings is 1. The van der Waals surface area contributed by atoms with Gasteiger partial charge in [-0.3, -0.25) is 13.9 Å². The van der Waals surface area contributed by atoms with Crippen LogP contribution in [0.1, 0.15) is 21.7 Å². The van der Waals surface area contributed by atoms with Crippen LogP contribution in [0.2, 0.25) is 0 Å². The lowest BCUT2D eigenvalue weighted by Gasteiger charge is -2.22. The molecule has 0 saturated heterocycles. The second-order valence-electron chi connectivity index (χ2n) is 7.31. The third kappa shape index (κ3) is 3.57. The first-order valence-electron chi connectivity index (χ1n) is 9.52. The van der Waals surface area contributed by atoms with Crippen LogP contribution in [0, 0.1) is 6.92 Å². The average Bonchev–Trinajstić information content (AvgIpc) is 3.35. The number of nitrogens with zero attached hydrogens (tertiary/aromatic N) is 3. The molecular weight excluding hydrogens is 418 g/mol. The first-order valence-corrected chi connectivity index (χ1v) is 11.0. The molecule has 160 valence electrons. The van der Waals surface area contributed by atoms with Crippen molar-refractivity contribution in [2.45, 2.75) is 18.4 Å². The molecule has 0 atom stereocenters. The molecule has 4 aromatic rings. The number of hydrogen-bond acceptors (Lipinski definition) is 5. The topological polar surface area (TPSA) is 94.5 Å². The van der Waals surface area contributed by atoms with E-state index in [-0.39, 0.29) is 22.7 Å². The number of sulfonamides is 1. The van der Waals surface area contributed by atoms with E-state index in [2.05, 4.69) is 0 Å². The maximum atomic E-state index is 13.6. The normalized spacial score (nSPS) is 11.7. The number of aryl methyl sites for hydroxylation is 3. The van der Waals surface area contributed by atoms with Crippen molar-refractivity contribution in [1.82, 2.24) is 13.4 Å². The van der Waals surface area contributed by atoms with Crippen LogP contribution in [0.5, 0.6) is 0 Å². The average molecular weight is 439 g/mol. The van der Waals surface area contributed by atoms with Gasteiger partial charge in [-0.2, -0.15) is 0 Å². The minimum atomic E-state index is -4.25. The minimum Gasteiger partial charge on any atom is -0.467 e. The van der Waals surface area contributed by atoms with E-state index in [0.717, 1.165) is 9.87 Å². The lowest BCUT2D eigenvalue weighted by Crippen LogP contribution is -2.36. The van der Waals surface area contributed by atoms with E-state index in [1.165, 1.54) is 27.5 Å². The van der Waals surface area contributed by atoms with Gasteiger partial charge in [0.25, 0.3) is 15.9 Å². The molecular formula is C22H21N3O5S. The molecule has 4 rings (SSSR count). The Balaban J connectivity index is 1.84. The molecule has 9 heteroatoms. The highest BCUT2D eigenvalue weighted by atomic mass is 32.2. The number of carbonyl (C=O) groups excluding carboxylic acids is 1. The Morgan fingerprint density at radius 1 is 1.00 bits per heavy atom. The molecule has 0 N–H and O–H groups in total. The van der Waals surface area contributed by atoms with Crippen LogP contribution in [-0.2, 0) is 30.7 Å². The van der Waals surface area contributed by atoms with Gasteiger partial charge in [-0.25, -0.2) is 17.5 Å². The summed E-state index contributed by atoms with van der Waals surface area (Å²) in [6.07, 6.45) is 1.42. The van der Waals surface area contributed by atoms with Crippen molar-refractivity contribution in [2.75, 3.05) is 0 Å². The van der Waals surface area contributed by atoms with E-state index in [4.69, 9.17) is 4.42 Å². The molecule has 2 aromatic carbocycles. The smallest absolute Gasteiger partial charge is 0.328 e. The zero-order valence-electron chi connectivity index (χ0n) is 17.3.